The zero-order valence-electron chi connectivity index (χ0n) is 16.2. The van der Waals surface area contributed by atoms with Crippen molar-refractivity contribution < 1.29 is 4.39 Å². The summed E-state index contributed by atoms with van der Waals surface area (Å²) in [4.78, 5) is 0. The molecule has 0 radical (unpaired) electrons. The summed E-state index contributed by atoms with van der Waals surface area (Å²) in [6.45, 7) is 0. The van der Waals surface area contributed by atoms with Crippen molar-refractivity contribution in [2.24, 2.45) is 0 Å². The summed E-state index contributed by atoms with van der Waals surface area (Å²) in [5, 5.41) is 4.53. The van der Waals surface area contributed by atoms with E-state index in [2.05, 4.69) is 101 Å². The van der Waals surface area contributed by atoms with E-state index < -0.39 is 15.8 Å². The normalized spacial score (nSPS) is 12.7. The highest BCUT2D eigenvalue weighted by Gasteiger charge is 2.21. The molecule has 0 nitrogen and oxygen atoms in total. The van der Waals surface area contributed by atoms with Crippen molar-refractivity contribution in [1.82, 2.24) is 0 Å². The van der Waals surface area contributed by atoms with E-state index in [1.807, 2.05) is 30.3 Å². The van der Waals surface area contributed by atoms with Gasteiger partial charge in [-0.1, -0.05) is 109 Å². The number of benzene rings is 4. The lowest BCUT2D eigenvalue weighted by atomic mass is 10.3. The molecule has 0 fully saturated rings. The van der Waals surface area contributed by atoms with Gasteiger partial charge in [0.2, 0.25) is 0 Å². The molecule has 1 atom stereocenters. The molecule has 0 bridgehead atoms. The Balaban J connectivity index is 1.84. The smallest absolute Gasteiger partial charge is 0.131 e. The van der Waals surface area contributed by atoms with Gasteiger partial charge in [-0.2, -0.15) is 0 Å². The van der Waals surface area contributed by atoms with Crippen LogP contribution in [-0.4, -0.2) is 0 Å². The predicted octanol–water partition coefficient (Wildman–Crippen LogP) is 6.63. The maximum Gasteiger partial charge on any atom is 0.131 e. The van der Waals surface area contributed by atoms with E-state index in [-0.39, 0.29) is 5.82 Å². The second kappa shape index (κ2) is 10.4. The Bertz CT molecular complexity index is 1080. The second-order valence-electron chi connectivity index (χ2n) is 6.62. The van der Waals surface area contributed by atoms with Crippen LogP contribution in [0.5, 0.6) is 0 Å². The summed E-state index contributed by atoms with van der Waals surface area (Å²) < 4.78 is 16.1. The van der Waals surface area contributed by atoms with Gasteiger partial charge < -0.3 is 0 Å². The highest BCUT2D eigenvalue weighted by molar-refractivity contribution is 14.1. The summed E-state index contributed by atoms with van der Waals surface area (Å²) in [7, 11) is -1.65. The minimum atomic E-state index is -0.953. The van der Waals surface area contributed by atoms with E-state index in [0.717, 1.165) is 10.6 Å². The molecule has 4 rings (SSSR count). The SMILES string of the molecule is Fc1ccccc1P(/C=C(/I)P(c1ccccc1)c1ccccc1)c1ccccc1. The Morgan fingerprint density at radius 2 is 1.03 bits per heavy atom. The molecule has 30 heavy (non-hydrogen) atoms. The summed E-state index contributed by atoms with van der Waals surface area (Å²) in [6.07, 6.45) is 0. The van der Waals surface area contributed by atoms with Crippen LogP contribution in [0.15, 0.2) is 124 Å². The zero-order chi connectivity index (χ0) is 20.8. The van der Waals surface area contributed by atoms with E-state index in [4.69, 9.17) is 0 Å². The Morgan fingerprint density at radius 3 is 1.53 bits per heavy atom. The molecule has 0 amide bonds. The topological polar surface area (TPSA) is 0 Å². The van der Waals surface area contributed by atoms with Crippen LogP contribution in [0.3, 0.4) is 0 Å². The molecule has 0 aliphatic heterocycles. The fourth-order valence-electron chi connectivity index (χ4n) is 3.23. The molecule has 0 heterocycles. The van der Waals surface area contributed by atoms with E-state index in [1.54, 1.807) is 12.1 Å². The lowest BCUT2D eigenvalue weighted by Crippen LogP contribution is -2.15. The molecule has 0 saturated heterocycles. The van der Waals surface area contributed by atoms with Crippen LogP contribution in [0.4, 0.5) is 4.39 Å². The maximum absolute atomic E-state index is 14.8. The quantitative estimate of drug-likeness (QED) is 0.191. The van der Waals surface area contributed by atoms with Crippen molar-refractivity contribution in [1.29, 1.82) is 0 Å². The molecule has 4 heteroatoms. The molecule has 4 aromatic rings. The largest absolute Gasteiger partial charge is 0.206 e. The third kappa shape index (κ3) is 5.06. The lowest BCUT2D eigenvalue weighted by molar-refractivity contribution is 0.636. The first-order valence-electron chi connectivity index (χ1n) is 9.60. The highest BCUT2D eigenvalue weighted by Crippen LogP contribution is 2.51. The monoisotopic (exact) mass is 540 g/mol. The van der Waals surface area contributed by atoms with Gasteiger partial charge in [0.25, 0.3) is 0 Å². The Morgan fingerprint density at radius 1 is 0.600 bits per heavy atom. The van der Waals surface area contributed by atoms with Crippen molar-refractivity contribution in [3.8, 4) is 0 Å². The van der Waals surface area contributed by atoms with Gasteiger partial charge in [-0.05, 0) is 66.2 Å². The molecule has 0 spiro atoms. The average molecular weight is 540 g/mol. The number of hydrogen-bond donors (Lipinski definition) is 0. The van der Waals surface area contributed by atoms with Crippen molar-refractivity contribution in [3.63, 3.8) is 0 Å². The van der Waals surface area contributed by atoms with Crippen molar-refractivity contribution >= 4 is 59.7 Å². The average Bonchev–Trinajstić information content (AvgIpc) is 2.80. The minimum absolute atomic E-state index is 0.142. The first-order valence-corrected chi connectivity index (χ1v) is 13.4. The first-order chi connectivity index (χ1) is 14.7. The van der Waals surface area contributed by atoms with Gasteiger partial charge in [-0.3, -0.25) is 0 Å². The molecule has 4 aromatic carbocycles. The van der Waals surface area contributed by atoms with Gasteiger partial charge in [0, 0.05) is 8.63 Å². The molecule has 148 valence electrons. The summed E-state index contributed by atoms with van der Waals surface area (Å²) in [5.74, 6) is 2.16. The van der Waals surface area contributed by atoms with Gasteiger partial charge >= 0.3 is 0 Å². The fourth-order valence-corrected chi connectivity index (χ4v) is 10.1. The molecular formula is C26H20FIP2. The van der Waals surface area contributed by atoms with Gasteiger partial charge in [0.15, 0.2) is 0 Å². The summed E-state index contributed by atoms with van der Waals surface area (Å²) in [5.41, 5.74) is 0. The molecule has 0 aliphatic rings. The molecular weight excluding hydrogens is 520 g/mol. The van der Waals surface area contributed by atoms with Crippen molar-refractivity contribution in [2.45, 2.75) is 0 Å². The van der Waals surface area contributed by atoms with Crippen LogP contribution < -0.4 is 21.2 Å². The lowest BCUT2D eigenvalue weighted by Gasteiger charge is -2.22. The van der Waals surface area contributed by atoms with Crippen LogP contribution >= 0.6 is 38.4 Å². The van der Waals surface area contributed by atoms with E-state index >= 15 is 0 Å². The summed E-state index contributed by atoms with van der Waals surface area (Å²) >= 11 is 2.47. The number of rotatable bonds is 6. The Hall–Kier alpha value is -1.86. The van der Waals surface area contributed by atoms with Crippen LogP contribution in [0.25, 0.3) is 0 Å². The first kappa shape index (κ1) is 21.4. The van der Waals surface area contributed by atoms with Crippen molar-refractivity contribution in [2.75, 3.05) is 0 Å². The van der Waals surface area contributed by atoms with Crippen LogP contribution in [0, 0.1) is 5.82 Å². The van der Waals surface area contributed by atoms with E-state index in [9.17, 15) is 4.39 Å². The van der Waals surface area contributed by atoms with Gasteiger partial charge in [0.1, 0.15) is 5.82 Å². The number of halogens is 2. The minimum Gasteiger partial charge on any atom is -0.206 e. The Kier molecular flexibility index (Phi) is 7.44. The van der Waals surface area contributed by atoms with Gasteiger partial charge in [0.05, 0.1) is 0 Å². The maximum atomic E-state index is 14.8. The standard InChI is InChI=1S/C26H20FIP2/c27-24-18-10-11-19-25(24)29(21-12-4-1-5-13-21)20-26(28)30(22-14-6-2-7-15-22)23-16-8-3-9-17-23/h1-20H/b26-20-. The molecule has 0 aromatic heterocycles. The summed E-state index contributed by atoms with van der Waals surface area (Å²) in [6, 6.07) is 38.7. The Labute approximate surface area is 193 Å². The highest BCUT2D eigenvalue weighted by atomic mass is 127. The van der Waals surface area contributed by atoms with Gasteiger partial charge in [-0.25, -0.2) is 4.39 Å². The van der Waals surface area contributed by atoms with Crippen LogP contribution in [0.2, 0.25) is 0 Å². The molecule has 0 aliphatic carbocycles. The third-order valence-electron chi connectivity index (χ3n) is 4.62. The van der Waals surface area contributed by atoms with Crippen molar-refractivity contribution in [3.05, 3.63) is 130 Å². The third-order valence-corrected chi connectivity index (χ3v) is 11.5. The molecule has 0 N–H and O–H groups in total. The predicted molar refractivity (Wildman–Crippen MR) is 140 cm³/mol. The zero-order valence-corrected chi connectivity index (χ0v) is 20.1. The number of hydrogen-bond acceptors (Lipinski definition) is 0. The van der Waals surface area contributed by atoms with Crippen LogP contribution in [0.1, 0.15) is 0 Å². The molecule has 0 saturated carbocycles. The second-order valence-corrected chi connectivity index (χ2v) is 12.8. The van der Waals surface area contributed by atoms with E-state index in [0.29, 0.717) is 0 Å². The fraction of sp³-hybridized carbons (Fsp3) is 0. The van der Waals surface area contributed by atoms with Gasteiger partial charge in [-0.15, -0.1) is 0 Å². The molecule has 1 unspecified atom stereocenters. The van der Waals surface area contributed by atoms with E-state index in [1.165, 1.54) is 13.9 Å². The van der Waals surface area contributed by atoms with Crippen LogP contribution in [-0.2, 0) is 0 Å².